The maximum atomic E-state index is 13.0. The number of nitrogens with zero attached hydrogens (tertiary/aromatic N) is 1. The van der Waals surface area contributed by atoms with E-state index in [9.17, 15) is 18.0 Å². The Bertz CT molecular complexity index is 1110. The van der Waals surface area contributed by atoms with E-state index in [1.54, 1.807) is 36.1 Å². The molecule has 2 aromatic rings. The monoisotopic (exact) mass is 426 g/mol. The molecule has 2 aliphatic rings. The molecule has 1 aliphatic heterocycles. The van der Waals surface area contributed by atoms with Crippen LogP contribution >= 0.6 is 0 Å². The van der Waals surface area contributed by atoms with Gasteiger partial charge in [-0.2, -0.15) is 0 Å². The molecule has 0 spiro atoms. The Morgan fingerprint density at radius 2 is 1.93 bits per heavy atom. The summed E-state index contributed by atoms with van der Waals surface area (Å²) in [7, 11) is -3.66. The number of aryl methyl sites for hydroxylation is 1. The molecule has 0 radical (unpaired) electrons. The minimum absolute atomic E-state index is 0.125. The number of fused-ring (bicyclic) bond motifs is 1. The van der Waals surface area contributed by atoms with E-state index in [0.29, 0.717) is 18.7 Å². The Balaban J connectivity index is 1.46. The average Bonchev–Trinajstić information content (AvgIpc) is 3.46. The molecule has 0 unspecified atom stereocenters. The van der Waals surface area contributed by atoms with E-state index in [0.717, 1.165) is 29.7 Å². The van der Waals surface area contributed by atoms with Gasteiger partial charge < -0.3 is 10.2 Å². The van der Waals surface area contributed by atoms with Crippen LogP contribution in [0.1, 0.15) is 37.3 Å². The highest BCUT2D eigenvalue weighted by atomic mass is 32.2. The number of carbonyl (C=O) groups excluding carboxylic acids is 2. The van der Waals surface area contributed by atoms with Crippen molar-refractivity contribution in [3.8, 4) is 0 Å². The third-order valence-electron chi connectivity index (χ3n) is 5.77. The molecule has 1 atom stereocenters. The third-order valence-corrected chi connectivity index (χ3v) is 7.91. The van der Waals surface area contributed by atoms with Gasteiger partial charge in [0.1, 0.15) is 0 Å². The van der Waals surface area contributed by atoms with E-state index in [-0.39, 0.29) is 29.0 Å². The van der Waals surface area contributed by atoms with Gasteiger partial charge in [0.25, 0.3) is 0 Å². The second kappa shape index (κ2) is 7.87. The zero-order valence-corrected chi connectivity index (χ0v) is 18.0. The van der Waals surface area contributed by atoms with Crippen LogP contribution in [0.15, 0.2) is 47.4 Å². The maximum Gasteiger partial charge on any atom is 0.230 e. The van der Waals surface area contributed by atoms with Gasteiger partial charge in [-0.1, -0.05) is 12.1 Å². The van der Waals surface area contributed by atoms with Gasteiger partial charge in [-0.05, 0) is 74.6 Å². The van der Waals surface area contributed by atoms with Crippen molar-refractivity contribution in [1.29, 1.82) is 0 Å². The fourth-order valence-corrected chi connectivity index (χ4v) is 5.27. The first-order valence-corrected chi connectivity index (χ1v) is 11.8. The van der Waals surface area contributed by atoms with Gasteiger partial charge in [-0.3, -0.25) is 9.59 Å². The molecule has 1 fully saturated rings. The smallest absolute Gasteiger partial charge is 0.230 e. The molecule has 158 valence electrons. The number of rotatable bonds is 6. The first kappa shape index (κ1) is 20.6. The van der Waals surface area contributed by atoms with Crippen molar-refractivity contribution in [2.75, 3.05) is 16.8 Å². The Morgan fingerprint density at radius 1 is 1.17 bits per heavy atom. The van der Waals surface area contributed by atoms with E-state index >= 15 is 0 Å². The summed E-state index contributed by atoms with van der Waals surface area (Å²) in [6.45, 7) is 4.08. The van der Waals surface area contributed by atoms with Gasteiger partial charge in [0.05, 0.1) is 10.1 Å². The molecule has 7 heteroatoms. The lowest BCUT2D eigenvalue weighted by molar-refractivity contribution is -0.119. The Kier molecular flexibility index (Phi) is 5.40. The van der Waals surface area contributed by atoms with Crippen LogP contribution in [0, 0.1) is 12.8 Å². The zero-order valence-electron chi connectivity index (χ0n) is 17.2. The second-order valence-electron chi connectivity index (χ2n) is 8.28. The molecule has 0 saturated heterocycles. The summed E-state index contributed by atoms with van der Waals surface area (Å²) in [4.78, 5) is 26.8. The van der Waals surface area contributed by atoms with E-state index < -0.39 is 15.1 Å². The minimum atomic E-state index is -3.66. The molecule has 2 aromatic carbocycles. The highest BCUT2D eigenvalue weighted by Gasteiger charge is 2.37. The number of benzene rings is 2. The van der Waals surface area contributed by atoms with Gasteiger partial charge >= 0.3 is 0 Å². The third kappa shape index (κ3) is 4.12. The summed E-state index contributed by atoms with van der Waals surface area (Å²) < 4.78 is 26.1. The highest BCUT2D eigenvalue weighted by Crippen LogP contribution is 2.37. The van der Waals surface area contributed by atoms with Crippen LogP contribution in [0.4, 0.5) is 11.4 Å². The lowest BCUT2D eigenvalue weighted by atomic mass is 10.2. The molecule has 6 nitrogen and oxygen atoms in total. The van der Waals surface area contributed by atoms with Crippen molar-refractivity contribution in [3.05, 3.63) is 53.6 Å². The Hall–Kier alpha value is -2.67. The van der Waals surface area contributed by atoms with E-state index in [1.807, 2.05) is 25.1 Å². The summed E-state index contributed by atoms with van der Waals surface area (Å²) >= 11 is 0. The molecule has 2 amide bonds. The van der Waals surface area contributed by atoms with Crippen molar-refractivity contribution in [3.63, 3.8) is 0 Å². The van der Waals surface area contributed by atoms with Crippen LogP contribution in [0.5, 0.6) is 0 Å². The normalized spacial score (nSPS) is 16.8. The van der Waals surface area contributed by atoms with Crippen LogP contribution in [-0.2, 0) is 25.8 Å². The zero-order chi connectivity index (χ0) is 21.5. The van der Waals surface area contributed by atoms with Crippen LogP contribution in [0.2, 0.25) is 0 Å². The number of anilines is 2. The topological polar surface area (TPSA) is 83.6 Å². The number of hydrogen-bond acceptors (Lipinski definition) is 4. The molecular formula is C23H26N2O4S. The highest BCUT2D eigenvalue weighted by molar-refractivity contribution is 7.92. The number of carbonyl (C=O) groups is 2. The van der Waals surface area contributed by atoms with Crippen LogP contribution < -0.4 is 10.2 Å². The van der Waals surface area contributed by atoms with Gasteiger partial charge in [0.15, 0.2) is 9.84 Å². The van der Waals surface area contributed by atoms with Crippen molar-refractivity contribution < 1.29 is 18.0 Å². The molecule has 1 aliphatic carbocycles. The minimum Gasteiger partial charge on any atom is -0.326 e. The molecular weight excluding hydrogens is 400 g/mol. The molecule has 0 bridgehead atoms. The number of hydrogen-bond donors (Lipinski definition) is 1. The first-order chi connectivity index (χ1) is 14.3. The fourth-order valence-electron chi connectivity index (χ4n) is 3.87. The molecule has 4 rings (SSSR count). The molecule has 1 N–H and O–H groups in total. The van der Waals surface area contributed by atoms with Crippen molar-refractivity contribution >= 4 is 33.0 Å². The van der Waals surface area contributed by atoms with E-state index in [4.69, 9.17) is 0 Å². The average molecular weight is 427 g/mol. The lowest BCUT2D eigenvalue weighted by Crippen LogP contribution is -2.30. The molecule has 30 heavy (non-hydrogen) atoms. The van der Waals surface area contributed by atoms with Gasteiger partial charge in [0, 0.05) is 30.3 Å². The predicted octanol–water partition coefficient (Wildman–Crippen LogP) is 3.49. The largest absolute Gasteiger partial charge is 0.326 e. The van der Waals surface area contributed by atoms with Crippen molar-refractivity contribution in [2.24, 2.45) is 5.92 Å². The van der Waals surface area contributed by atoms with E-state index in [1.165, 1.54) is 0 Å². The summed E-state index contributed by atoms with van der Waals surface area (Å²) in [5.74, 6) is -0.0594. The SMILES string of the molecule is Cc1cccc(NC(=O)C[C@H](C)S(=O)(=O)c2ccc3c(c2)CCN3C(=O)C2CC2)c1. The Labute approximate surface area is 177 Å². The fraction of sp³-hybridized carbons (Fsp3) is 0.391. The van der Waals surface area contributed by atoms with Gasteiger partial charge in [-0.15, -0.1) is 0 Å². The summed E-state index contributed by atoms with van der Waals surface area (Å²) in [6.07, 6.45) is 2.41. The molecule has 1 heterocycles. The lowest BCUT2D eigenvalue weighted by Gasteiger charge is -2.18. The second-order valence-corrected chi connectivity index (χ2v) is 10.6. The standard InChI is InChI=1S/C23H26N2O4S/c1-15-4-3-5-19(12-15)24-22(26)13-16(2)30(28,29)20-8-9-21-18(14-20)10-11-25(21)23(27)17-6-7-17/h3-5,8-9,12,14,16-17H,6-7,10-11,13H2,1-2H3,(H,24,26)/t16-/m0/s1. The maximum absolute atomic E-state index is 13.0. The van der Waals surface area contributed by atoms with Crippen molar-refractivity contribution in [1.82, 2.24) is 0 Å². The van der Waals surface area contributed by atoms with Crippen LogP contribution in [0.3, 0.4) is 0 Å². The summed E-state index contributed by atoms with van der Waals surface area (Å²) in [6, 6.07) is 12.3. The number of sulfone groups is 1. The molecule has 0 aromatic heterocycles. The van der Waals surface area contributed by atoms with E-state index in [2.05, 4.69) is 5.32 Å². The van der Waals surface area contributed by atoms with Crippen molar-refractivity contribution in [2.45, 2.75) is 49.7 Å². The Morgan fingerprint density at radius 3 is 2.63 bits per heavy atom. The quantitative estimate of drug-likeness (QED) is 0.766. The number of nitrogens with one attached hydrogen (secondary N) is 1. The summed E-state index contributed by atoms with van der Waals surface area (Å²) in [5.41, 5.74) is 3.36. The van der Waals surface area contributed by atoms with Gasteiger partial charge in [0.2, 0.25) is 11.8 Å². The number of amides is 2. The first-order valence-electron chi connectivity index (χ1n) is 10.3. The predicted molar refractivity (Wildman–Crippen MR) is 116 cm³/mol. The summed E-state index contributed by atoms with van der Waals surface area (Å²) in [5, 5.41) is 1.91. The van der Waals surface area contributed by atoms with Crippen LogP contribution in [-0.4, -0.2) is 32.0 Å². The van der Waals surface area contributed by atoms with Gasteiger partial charge in [-0.25, -0.2) is 8.42 Å². The van der Waals surface area contributed by atoms with Crippen LogP contribution in [0.25, 0.3) is 0 Å². The molecule has 1 saturated carbocycles.